The number of rotatable bonds is 3. The second-order valence-electron chi connectivity index (χ2n) is 8.16. The molecular weight excluding hydrogens is 270 g/mol. The van der Waals surface area contributed by atoms with Crippen LogP contribution in [0.4, 0.5) is 0 Å². The SMILES string of the molecule is Cl.OC(CN1CCCCC1)C12CC3CC(CC(C3)C1)C2. The molecule has 1 N–H and O–H groups in total. The van der Waals surface area contributed by atoms with Gasteiger partial charge in [0.2, 0.25) is 0 Å². The van der Waals surface area contributed by atoms with Crippen LogP contribution in [0.1, 0.15) is 57.8 Å². The molecule has 2 nitrogen and oxygen atoms in total. The highest BCUT2D eigenvalue weighted by Gasteiger charge is 2.54. The first kappa shape index (κ1) is 15.1. The Morgan fingerprint density at radius 1 is 0.900 bits per heavy atom. The minimum atomic E-state index is -0.0426. The van der Waals surface area contributed by atoms with Gasteiger partial charge in [0.25, 0.3) is 0 Å². The van der Waals surface area contributed by atoms with E-state index in [1.165, 1.54) is 70.9 Å². The summed E-state index contributed by atoms with van der Waals surface area (Å²) >= 11 is 0. The molecule has 1 aliphatic heterocycles. The molecule has 0 aromatic rings. The lowest BCUT2D eigenvalue weighted by molar-refractivity contribution is -0.127. The molecule has 4 bridgehead atoms. The lowest BCUT2D eigenvalue weighted by Gasteiger charge is -2.58. The summed E-state index contributed by atoms with van der Waals surface area (Å²) in [5.41, 5.74) is 0.326. The molecule has 0 radical (unpaired) electrons. The molecule has 5 aliphatic rings. The van der Waals surface area contributed by atoms with Gasteiger partial charge < -0.3 is 10.0 Å². The number of aliphatic hydroxyl groups is 1. The number of nitrogens with zero attached hydrogens (tertiary/aromatic N) is 1. The second kappa shape index (κ2) is 5.78. The van der Waals surface area contributed by atoms with E-state index in [1.807, 2.05) is 0 Å². The Hall–Kier alpha value is 0.210. The number of β-amino-alcohol motifs (C(OH)–C–C–N with tert-alkyl or cyclic N) is 1. The molecule has 4 aliphatic carbocycles. The van der Waals surface area contributed by atoms with Crippen molar-refractivity contribution in [3.05, 3.63) is 0 Å². The van der Waals surface area contributed by atoms with Crippen LogP contribution < -0.4 is 0 Å². The lowest BCUT2D eigenvalue weighted by Crippen LogP contribution is -2.54. The van der Waals surface area contributed by atoms with Crippen molar-refractivity contribution in [2.45, 2.75) is 63.9 Å². The summed E-state index contributed by atoms with van der Waals surface area (Å²) in [6, 6.07) is 0. The zero-order valence-corrected chi connectivity index (χ0v) is 13.4. The van der Waals surface area contributed by atoms with Gasteiger partial charge in [-0.2, -0.15) is 0 Å². The van der Waals surface area contributed by atoms with Crippen LogP contribution in [0, 0.1) is 23.2 Å². The summed E-state index contributed by atoms with van der Waals surface area (Å²) in [5.74, 6) is 2.88. The van der Waals surface area contributed by atoms with Gasteiger partial charge in [-0.25, -0.2) is 0 Å². The van der Waals surface area contributed by atoms with Crippen LogP contribution in [-0.4, -0.2) is 35.7 Å². The summed E-state index contributed by atoms with van der Waals surface area (Å²) in [4.78, 5) is 2.53. The maximum absolute atomic E-state index is 10.9. The predicted molar refractivity (Wildman–Crippen MR) is 84.2 cm³/mol. The standard InChI is InChI=1S/C17H29NO.ClH/c19-16(12-18-4-2-1-3-5-18)17-9-13-6-14(10-17)8-15(7-13)11-17;/h13-16,19H,1-12H2;1H. The largest absolute Gasteiger partial charge is 0.391 e. The molecule has 0 aromatic carbocycles. The van der Waals surface area contributed by atoms with Crippen LogP contribution in [0.3, 0.4) is 0 Å². The third-order valence-electron chi connectivity index (χ3n) is 6.67. The van der Waals surface area contributed by atoms with E-state index in [2.05, 4.69) is 4.90 Å². The molecule has 20 heavy (non-hydrogen) atoms. The van der Waals surface area contributed by atoms with Crippen LogP contribution in [0.5, 0.6) is 0 Å². The zero-order chi connectivity index (χ0) is 12.9. The summed E-state index contributed by atoms with van der Waals surface area (Å²) in [6.07, 6.45) is 12.5. The van der Waals surface area contributed by atoms with E-state index < -0.39 is 0 Å². The van der Waals surface area contributed by atoms with E-state index in [0.29, 0.717) is 5.41 Å². The van der Waals surface area contributed by atoms with Gasteiger partial charge in [0.15, 0.2) is 0 Å². The normalized spacial score (nSPS) is 45.1. The van der Waals surface area contributed by atoms with Gasteiger partial charge in [0.1, 0.15) is 0 Å². The van der Waals surface area contributed by atoms with Gasteiger partial charge in [0.05, 0.1) is 6.10 Å². The summed E-state index contributed by atoms with van der Waals surface area (Å²) in [7, 11) is 0. The Morgan fingerprint density at radius 2 is 1.40 bits per heavy atom. The van der Waals surface area contributed by atoms with Crippen LogP contribution in [0.15, 0.2) is 0 Å². The lowest BCUT2D eigenvalue weighted by atomic mass is 9.48. The van der Waals surface area contributed by atoms with Crippen molar-refractivity contribution in [2.24, 2.45) is 23.2 Å². The van der Waals surface area contributed by atoms with Gasteiger partial charge in [-0.3, -0.25) is 0 Å². The molecule has 4 saturated carbocycles. The minimum Gasteiger partial charge on any atom is -0.391 e. The number of likely N-dealkylation sites (tertiary alicyclic amines) is 1. The molecule has 1 saturated heterocycles. The van der Waals surface area contributed by atoms with Crippen molar-refractivity contribution in [3.8, 4) is 0 Å². The fourth-order valence-electron chi connectivity index (χ4n) is 6.17. The first-order chi connectivity index (χ1) is 9.23. The fraction of sp³-hybridized carbons (Fsp3) is 1.00. The van der Waals surface area contributed by atoms with Crippen molar-refractivity contribution in [1.82, 2.24) is 4.90 Å². The van der Waals surface area contributed by atoms with Crippen molar-refractivity contribution in [2.75, 3.05) is 19.6 Å². The Morgan fingerprint density at radius 3 is 1.90 bits per heavy atom. The average molecular weight is 300 g/mol. The van der Waals surface area contributed by atoms with E-state index in [1.54, 1.807) is 0 Å². The second-order valence-corrected chi connectivity index (χ2v) is 8.16. The molecule has 0 aromatic heterocycles. The molecular formula is C17H30ClNO. The maximum atomic E-state index is 10.9. The number of piperidine rings is 1. The highest BCUT2D eigenvalue weighted by atomic mass is 35.5. The molecule has 3 heteroatoms. The van der Waals surface area contributed by atoms with Gasteiger partial charge in [0, 0.05) is 6.54 Å². The number of aliphatic hydroxyl groups excluding tert-OH is 1. The highest BCUT2D eigenvalue weighted by molar-refractivity contribution is 5.85. The van der Waals surface area contributed by atoms with E-state index in [9.17, 15) is 5.11 Å². The molecule has 0 amide bonds. The molecule has 0 spiro atoms. The first-order valence-electron chi connectivity index (χ1n) is 8.64. The summed E-state index contributed by atoms with van der Waals surface area (Å²) in [6.45, 7) is 3.42. The van der Waals surface area contributed by atoms with Gasteiger partial charge in [-0.1, -0.05) is 6.42 Å². The minimum absolute atomic E-state index is 0. The Balaban J connectivity index is 0.00000121. The number of halogens is 1. The van der Waals surface area contributed by atoms with Crippen molar-refractivity contribution >= 4 is 12.4 Å². The monoisotopic (exact) mass is 299 g/mol. The maximum Gasteiger partial charge on any atom is 0.0723 e. The molecule has 5 fully saturated rings. The van der Waals surface area contributed by atoms with E-state index in [4.69, 9.17) is 0 Å². The van der Waals surface area contributed by atoms with Crippen molar-refractivity contribution in [3.63, 3.8) is 0 Å². The van der Waals surface area contributed by atoms with Crippen molar-refractivity contribution < 1.29 is 5.11 Å². The van der Waals surface area contributed by atoms with Crippen LogP contribution >= 0.6 is 12.4 Å². The molecule has 1 heterocycles. The first-order valence-corrected chi connectivity index (χ1v) is 8.64. The smallest absolute Gasteiger partial charge is 0.0723 e. The van der Waals surface area contributed by atoms with E-state index in [0.717, 1.165) is 24.3 Å². The molecule has 5 rings (SSSR count). The molecule has 1 unspecified atom stereocenters. The van der Waals surface area contributed by atoms with Gasteiger partial charge in [-0.15, -0.1) is 12.4 Å². The topological polar surface area (TPSA) is 23.5 Å². The van der Waals surface area contributed by atoms with Crippen LogP contribution in [0.25, 0.3) is 0 Å². The van der Waals surface area contributed by atoms with E-state index in [-0.39, 0.29) is 18.5 Å². The zero-order valence-electron chi connectivity index (χ0n) is 12.6. The fourth-order valence-corrected chi connectivity index (χ4v) is 6.17. The Labute approximate surface area is 129 Å². The highest BCUT2D eigenvalue weighted by Crippen LogP contribution is 2.61. The van der Waals surface area contributed by atoms with E-state index >= 15 is 0 Å². The Bertz CT molecular complexity index is 305. The summed E-state index contributed by atoms with van der Waals surface area (Å²) in [5, 5.41) is 10.9. The third kappa shape index (κ3) is 2.64. The van der Waals surface area contributed by atoms with Crippen LogP contribution in [0.2, 0.25) is 0 Å². The van der Waals surface area contributed by atoms with Crippen molar-refractivity contribution in [1.29, 1.82) is 0 Å². The molecule has 1 atom stereocenters. The number of hydrogen-bond acceptors (Lipinski definition) is 2. The predicted octanol–water partition coefficient (Wildman–Crippen LogP) is 3.47. The average Bonchev–Trinajstić information content (AvgIpc) is 2.38. The summed E-state index contributed by atoms with van der Waals surface area (Å²) < 4.78 is 0. The number of hydrogen-bond donors (Lipinski definition) is 1. The quantitative estimate of drug-likeness (QED) is 0.862. The van der Waals surface area contributed by atoms with Crippen LogP contribution in [-0.2, 0) is 0 Å². The Kier molecular flexibility index (Phi) is 4.37. The van der Waals surface area contributed by atoms with Gasteiger partial charge in [-0.05, 0) is 87.6 Å². The van der Waals surface area contributed by atoms with Gasteiger partial charge >= 0.3 is 0 Å². The molecule has 116 valence electrons. The third-order valence-corrected chi connectivity index (χ3v) is 6.67.